The maximum Gasteiger partial charge on any atom is 0.273 e. The van der Waals surface area contributed by atoms with Crippen LogP contribution < -0.4 is 10.1 Å². The number of nitrogens with one attached hydrogen (secondary N) is 1. The highest BCUT2D eigenvalue weighted by atomic mass is 16.5. The molecule has 0 aliphatic heterocycles. The molecule has 2 aromatic carbocycles. The highest BCUT2D eigenvalue weighted by molar-refractivity contribution is 6.03. The molecule has 1 N–H and O–H groups in total. The Hall–Kier alpha value is -4.79. The molecule has 3 heterocycles. The molecule has 0 radical (unpaired) electrons. The predicted octanol–water partition coefficient (Wildman–Crippen LogP) is 4.11. The van der Waals surface area contributed by atoms with E-state index in [-0.39, 0.29) is 5.91 Å². The molecule has 0 bridgehead atoms. The number of rotatable bonds is 6. The van der Waals surface area contributed by atoms with E-state index >= 15 is 0 Å². The van der Waals surface area contributed by atoms with Crippen molar-refractivity contribution in [1.29, 1.82) is 0 Å². The summed E-state index contributed by atoms with van der Waals surface area (Å²) in [6.07, 6.45) is 5.10. The Labute approximate surface area is 189 Å². The maximum atomic E-state index is 12.8. The van der Waals surface area contributed by atoms with Gasteiger partial charge in [0.1, 0.15) is 17.8 Å². The molecule has 1 amide bonds. The fraction of sp³-hybridized carbons (Fsp3) is 0.0417. The number of hydrogen-bond acceptors (Lipinski definition) is 6. The van der Waals surface area contributed by atoms with Gasteiger partial charge in [0.25, 0.3) is 5.91 Å². The van der Waals surface area contributed by atoms with Crippen molar-refractivity contribution in [2.45, 2.75) is 0 Å². The number of amides is 1. The Morgan fingerprint density at radius 1 is 0.970 bits per heavy atom. The van der Waals surface area contributed by atoms with Gasteiger partial charge in [0, 0.05) is 36.8 Å². The van der Waals surface area contributed by atoms with Crippen LogP contribution in [0, 0.1) is 0 Å². The number of ether oxygens (including phenoxy) is 1. The number of aryl methyl sites for hydroxylation is 1. The van der Waals surface area contributed by atoms with Crippen LogP contribution in [0.5, 0.6) is 11.6 Å². The number of benzene rings is 2. The summed E-state index contributed by atoms with van der Waals surface area (Å²) < 4.78 is 9.06. The van der Waals surface area contributed by atoms with Crippen LogP contribution in [-0.4, -0.2) is 35.4 Å². The molecular weight excluding hydrogens is 418 g/mol. The molecular formula is C24H19N7O2. The van der Waals surface area contributed by atoms with Crippen molar-refractivity contribution in [3.05, 3.63) is 97.2 Å². The number of carbonyl (C=O) groups excluding carboxylic acids is 1. The van der Waals surface area contributed by atoms with E-state index in [0.717, 1.165) is 11.3 Å². The lowest BCUT2D eigenvalue weighted by Crippen LogP contribution is -2.15. The molecule has 0 atom stereocenters. The largest absolute Gasteiger partial charge is 0.438 e. The van der Waals surface area contributed by atoms with Crippen molar-refractivity contribution in [1.82, 2.24) is 29.5 Å². The first-order valence-electron chi connectivity index (χ1n) is 10.2. The van der Waals surface area contributed by atoms with Crippen LogP contribution in [0.4, 0.5) is 5.69 Å². The van der Waals surface area contributed by atoms with Gasteiger partial charge in [-0.15, -0.1) is 10.2 Å². The number of anilines is 1. The van der Waals surface area contributed by atoms with Crippen LogP contribution in [0.3, 0.4) is 0 Å². The Morgan fingerprint density at radius 3 is 2.48 bits per heavy atom. The van der Waals surface area contributed by atoms with Crippen LogP contribution in [0.15, 0.2) is 91.5 Å². The number of imidazole rings is 1. The zero-order valence-corrected chi connectivity index (χ0v) is 17.7. The molecule has 0 saturated carbocycles. The Bertz CT molecular complexity index is 1360. The lowest BCUT2D eigenvalue weighted by molar-refractivity contribution is 0.101. The monoisotopic (exact) mass is 437 g/mol. The van der Waals surface area contributed by atoms with E-state index in [1.54, 1.807) is 77.5 Å². The van der Waals surface area contributed by atoms with Crippen molar-refractivity contribution >= 4 is 11.6 Å². The van der Waals surface area contributed by atoms with E-state index in [1.165, 1.54) is 0 Å². The van der Waals surface area contributed by atoms with Gasteiger partial charge in [-0.1, -0.05) is 30.3 Å². The Morgan fingerprint density at radius 2 is 1.79 bits per heavy atom. The average Bonchev–Trinajstić information content (AvgIpc) is 3.52. The highest BCUT2D eigenvalue weighted by Crippen LogP contribution is 2.23. The molecule has 0 aliphatic carbocycles. The van der Waals surface area contributed by atoms with E-state index in [0.29, 0.717) is 28.8 Å². The van der Waals surface area contributed by atoms with Crippen LogP contribution in [0.1, 0.15) is 10.5 Å². The second-order valence-electron chi connectivity index (χ2n) is 7.18. The fourth-order valence-corrected chi connectivity index (χ4v) is 3.25. The molecule has 9 nitrogen and oxygen atoms in total. The number of nitrogens with zero attached hydrogens (tertiary/aromatic N) is 6. The van der Waals surface area contributed by atoms with E-state index in [1.807, 2.05) is 30.3 Å². The first kappa shape index (κ1) is 20.1. The van der Waals surface area contributed by atoms with Gasteiger partial charge in [0.15, 0.2) is 5.82 Å². The smallest absolute Gasteiger partial charge is 0.273 e. The summed E-state index contributed by atoms with van der Waals surface area (Å²) in [6.45, 7) is 0. The predicted molar refractivity (Wildman–Crippen MR) is 122 cm³/mol. The second kappa shape index (κ2) is 8.75. The molecule has 0 aliphatic rings. The molecule has 0 fully saturated rings. The van der Waals surface area contributed by atoms with Crippen LogP contribution in [0.25, 0.3) is 17.1 Å². The minimum Gasteiger partial charge on any atom is -0.438 e. The van der Waals surface area contributed by atoms with Gasteiger partial charge in [-0.3, -0.25) is 14.0 Å². The van der Waals surface area contributed by atoms with Gasteiger partial charge in [-0.25, -0.2) is 4.98 Å². The minimum absolute atomic E-state index is 0.248. The third kappa shape index (κ3) is 4.47. The van der Waals surface area contributed by atoms with E-state index in [4.69, 9.17) is 4.74 Å². The highest BCUT2D eigenvalue weighted by Gasteiger charge is 2.14. The van der Waals surface area contributed by atoms with E-state index in [2.05, 4.69) is 25.6 Å². The summed E-state index contributed by atoms with van der Waals surface area (Å²) in [5.41, 5.74) is 2.79. The maximum absolute atomic E-state index is 12.8. The second-order valence-corrected chi connectivity index (χ2v) is 7.18. The minimum atomic E-state index is -0.248. The van der Waals surface area contributed by atoms with Crippen molar-refractivity contribution in [3.63, 3.8) is 0 Å². The molecule has 0 unspecified atom stereocenters. The third-order valence-corrected chi connectivity index (χ3v) is 4.91. The fourth-order valence-electron chi connectivity index (χ4n) is 3.25. The van der Waals surface area contributed by atoms with Crippen LogP contribution in [0.2, 0.25) is 0 Å². The summed E-state index contributed by atoms with van der Waals surface area (Å²) in [6, 6.07) is 22.0. The average molecular weight is 437 g/mol. The van der Waals surface area contributed by atoms with Crippen molar-refractivity contribution in [2.24, 2.45) is 7.05 Å². The lowest BCUT2D eigenvalue weighted by Gasteiger charge is -2.08. The summed E-state index contributed by atoms with van der Waals surface area (Å²) in [7, 11) is 1.75. The van der Waals surface area contributed by atoms with Gasteiger partial charge in [0.2, 0.25) is 5.88 Å². The quantitative estimate of drug-likeness (QED) is 0.429. The van der Waals surface area contributed by atoms with Crippen molar-refractivity contribution in [2.75, 3.05) is 5.32 Å². The topological polar surface area (TPSA) is 99.8 Å². The molecule has 162 valence electrons. The summed E-state index contributed by atoms with van der Waals surface area (Å²) in [4.78, 5) is 16.7. The summed E-state index contributed by atoms with van der Waals surface area (Å²) in [5.74, 6) is 1.33. The molecule has 0 spiro atoms. The van der Waals surface area contributed by atoms with Crippen molar-refractivity contribution in [3.8, 4) is 28.7 Å². The first-order valence-corrected chi connectivity index (χ1v) is 10.2. The molecule has 5 aromatic rings. The molecule has 0 saturated heterocycles. The van der Waals surface area contributed by atoms with Crippen LogP contribution >= 0.6 is 0 Å². The van der Waals surface area contributed by atoms with Gasteiger partial charge in [0.05, 0.1) is 5.69 Å². The first-order chi connectivity index (χ1) is 16.2. The van der Waals surface area contributed by atoms with Gasteiger partial charge in [-0.2, -0.15) is 5.10 Å². The van der Waals surface area contributed by atoms with Gasteiger partial charge in [-0.05, 0) is 36.4 Å². The lowest BCUT2D eigenvalue weighted by atomic mass is 10.1. The zero-order chi connectivity index (χ0) is 22.6. The number of aromatic nitrogens is 6. The van der Waals surface area contributed by atoms with Gasteiger partial charge >= 0.3 is 0 Å². The Balaban J connectivity index is 1.24. The zero-order valence-electron chi connectivity index (χ0n) is 17.7. The van der Waals surface area contributed by atoms with Crippen LogP contribution in [-0.2, 0) is 7.05 Å². The van der Waals surface area contributed by atoms with E-state index in [9.17, 15) is 4.79 Å². The molecule has 5 rings (SSSR count). The Kier molecular flexibility index (Phi) is 5.34. The molecule has 3 aromatic heterocycles. The normalized spacial score (nSPS) is 10.7. The third-order valence-electron chi connectivity index (χ3n) is 4.91. The standard InChI is InChI=1S/C24H19N7O2/c1-30-21(15-20(29-30)17-5-3-2-4-6-17)24(32)26-18-7-9-19(10-8-18)33-23-12-11-22(27-28-23)31-14-13-25-16-31/h2-16H,1H3,(H,26,32). The van der Waals surface area contributed by atoms with Crippen molar-refractivity contribution < 1.29 is 9.53 Å². The summed E-state index contributed by atoms with van der Waals surface area (Å²) >= 11 is 0. The molecule has 9 heteroatoms. The summed E-state index contributed by atoms with van der Waals surface area (Å²) in [5, 5.41) is 15.5. The number of carbonyl (C=O) groups is 1. The SMILES string of the molecule is Cn1nc(-c2ccccc2)cc1C(=O)Nc1ccc(Oc2ccc(-n3ccnc3)nn2)cc1. The van der Waals surface area contributed by atoms with Gasteiger partial charge < -0.3 is 10.1 Å². The van der Waals surface area contributed by atoms with E-state index < -0.39 is 0 Å². The molecule has 33 heavy (non-hydrogen) atoms. The number of hydrogen-bond donors (Lipinski definition) is 1.